The molecule has 0 radical (unpaired) electrons. The van der Waals surface area contributed by atoms with Crippen LogP contribution >= 0.6 is 11.6 Å². The van der Waals surface area contributed by atoms with Crippen molar-refractivity contribution in [3.05, 3.63) is 87.7 Å². The van der Waals surface area contributed by atoms with Crippen LogP contribution in [0.1, 0.15) is 11.1 Å². The van der Waals surface area contributed by atoms with E-state index in [0.717, 1.165) is 5.56 Å². The Labute approximate surface area is 166 Å². The molecule has 2 aliphatic heterocycles. The number of ether oxygens (including phenoxy) is 2. The first-order chi connectivity index (χ1) is 13.5. The molecule has 2 aromatic rings. The van der Waals surface area contributed by atoms with E-state index in [1.165, 1.54) is 0 Å². The number of aliphatic hydroxyl groups is 1. The Morgan fingerprint density at radius 2 is 2.00 bits per heavy atom. The highest BCUT2D eigenvalue weighted by Crippen LogP contribution is 2.44. The predicted octanol–water partition coefficient (Wildman–Crippen LogP) is 3.44. The van der Waals surface area contributed by atoms with E-state index in [0.29, 0.717) is 21.9 Å². The lowest BCUT2D eigenvalue weighted by Crippen LogP contribution is -2.29. The molecular formula is C21H17ClO6. The lowest BCUT2D eigenvalue weighted by molar-refractivity contribution is -0.231. The molecule has 0 spiro atoms. The molecule has 144 valence electrons. The molecule has 0 fully saturated rings. The smallest absolute Gasteiger partial charge is 0.345 e. The molecule has 2 aromatic carbocycles. The molecule has 0 amide bonds. The Kier molecular flexibility index (Phi) is 4.85. The molecule has 1 N–H and O–H groups in total. The minimum Gasteiger partial charge on any atom is -0.497 e. The Hall–Kier alpha value is -2.80. The molecule has 0 saturated carbocycles. The van der Waals surface area contributed by atoms with Crippen molar-refractivity contribution in [3.8, 4) is 5.75 Å². The monoisotopic (exact) mass is 400 g/mol. The van der Waals surface area contributed by atoms with E-state index < -0.39 is 11.8 Å². The highest BCUT2D eigenvalue weighted by atomic mass is 35.5. The van der Waals surface area contributed by atoms with Crippen LogP contribution in [0.15, 0.2) is 71.5 Å². The quantitative estimate of drug-likeness (QED) is 0.612. The maximum atomic E-state index is 12.7. The van der Waals surface area contributed by atoms with Gasteiger partial charge >= 0.3 is 5.97 Å². The summed E-state index contributed by atoms with van der Waals surface area (Å²) < 4.78 is 10.6. The first-order valence-electron chi connectivity index (χ1n) is 8.59. The fraction of sp³-hybridized carbons (Fsp3) is 0.190. The molecule has 2 heterocycles. The summed E-state index contributed by atoms with van der Waals surface area (Å²) in [6, 6.07) is 13.8. The predicted molar refractivity (Wildman–Crippen MR) is 100 cm³/mol. The Morgan fingerprint density at radius 3 is 2.64 bits per heavy atom. The molecule has 28 heavy (non-hydrogen) atoms. The summed E-state index contributed by atoms with van der Waals surface area (Å²) in [4.78, 5) is 22.7. The number of rotatable bonds is 5. The third kappa shape index (κ3) is 3.26. The summed E-state index contributed by atoms with van der Waals surface area (Å²) in [5.41, 5.74) is 1.70. The maximum absolute atomic E-state index is 12.7. The van der Waals surface area contributed by atoms with Crippen molar-refractivity contribution < 1.29 is 29.1 Å². The second-order valence-electron chi connectivity index (χ2n) is 6.36. The van der Waals surface area contributed by atoms with Gasteiger partial charge in [0.1, 0.15) is 17.9 Å². The van der Waals surface area contributed by atoms with Gasteiger partial charge in [0.15, 0.2) is 5.76 Å². The van der Waals surface area contributed by atoms with Gasteiger partial charge in [0.05, 0.1) is 7.11 Å². The van der Waals surface area contributed by atoms with Gasteiger partial charge in [-0.3, -0.25) is 0 Å². The third-order valence-corrected chi connectivity index (χ3v) is 4.87. The van der Waals surface area contributed by atoms with E-state index >= 15 is 0 Å². The molecule has 6 nitrogen and oxygen atoms in total. The molecule has 7 heteroatoms. The first kappa shape index (κ1) is 18.6. The van der Waals surface area contributed by atoms with E-state index in [2.05, 4.69) is 0 Å². The molecule has 0 bridgehead atoms. The standard InChI is InChI=1S/C21H17ClO6/c1-25-16-7-5-14(6-8-16)21(24)17(12-13-3-2-4-15(22)11-13)19(20(23)27-21)18-9-10-26-28-18/h2-9,11,24H,10,12H2,1H3. The number of benzene rings is 2. The molecule has 2 aliphatic rings. The molecule has 1 atom stereocenters. The topological polar surface area (TPSA) is 74.2 Å². The van der Waals surface area contributed by atoms with Gasteiger partial charge in [0.2, 0.25) is 0 Å². The van der Waals surface area contributed by atoms with Crippen molar-refractivity contribution in [2.45, 2.75) is 12.2 Å². The van der Waals surface area contributed by atoms with Gasteiger partial charge in [-0.05, 0) is 48.0 Å². The first-order valence-corrected chi connectivity index (χ1v) is 8.97. The van der Waals surface area contributed by atoms with E-state index in [1.54, 1.807) is 55.7 Å². The maximum Gasteiger partial charge on any atom is 0.345 e. The number of halogens is 1. The van der Waals surface area contributed by atoms with Crippen molar-refractivity contribution in [2.75, 3.05) is 13.7 Å². The summed E-state index contributed by atoms with van der Waals surface area (Å²) in [6.07, 6.45) is 1.85. The van der Waals surface area contributed by atoms with Crippen molar-refractivity contribution in [3.63, 3.8) is 0 Å². The molecule has 0 aromatic heterocycles. The van der Waals surface area contributed by atoms with Crippen molar-refractivity contribution in [1.82, 2.24) is 0 Å². The zero-order chi connectivity index (χ0) is 19.7. The van der Waals surface area contributed by atoms with Crippen LogP contribution in [0, 0.1) is 0 Å². The normalized spacial score (nSPS) is 21.4. The third-order valence-electron chi connectivity index (χ3n) is 4.64. The van der Waals surface area contributed by atoms with Crippen LogP contribution in [0.25, 0.3) is 0 Å². The lowest BCUT2D eigenvalue weighted by atomic mass is 9.89. The zero-order valence-corrected chi connectivity index (χ0v) is 15.7. The molecule has 0 aliphatic carbocycles. The molecule has 4 rings (SSSR count). The van der Waals surface area contributed by atoms with Gasteiger partial charge < -0.3 is 19.5 Å². The number of carbonyl (C=O) groups excluding carboxylic acids is 1. The Morgan fingerprint density at radius 1 is 1.21 bits per heavy atom. The van der Waals surface area contributed by atoms with Gasteiger partial charge in [0.25, 0.3) is 5.79 Å². The van der Waals surface area contributed by atoms with Crippen LogP contribution in [-0.2, 0) is 31.5 Å². The molecular weight excluding hydrogens is 384 g/mol. The largest absolute Gasteiger partial charge is 0.497 e. The van der Waals surface area contributed by atoms with E-state index in [-0.39, 0.29) is 24.4 Å². The number of carbonyl (C=O) groups is 1. The average Bonchev–Trinajstić information content (AvgIpc) is 3.29. The second-order valence-corrected chi connectivity index (χ2v) is 6.79. The summed E-state index contributed by atoms with van der Waals surface area (Å²) in [5, 5.41) is 12.0. The fourth-order valence-electron chi connectivity index (χ4n) is 3.28. The van der Waals surface area contributed by atoms with Gasteiger partial charge in [-0.25, -0.2) is 4.79 Å². The fourth-order valence-corrected chi connectivity index (χ4v) is 3.50. The number of esters is 1. The van der Waals surface area contributed by atoms with Crippen molar-refractivity contribution in [2.24, 2.45) is 0 Å². The summed E-state index contributed by atoms with van der Waals surface area (Å²) in [5.74, 6) is -1.79. The zero-order valence-electron chi connectivity index (χ0n) is 15.0. The van der Waals surface area contributed by atoms with E-state index in [1.807, 2.05) is 6.07 Å². The van der Waals surface area contributed by atoms with Gasteiger partial charge in [-0.15, -0.1) is 0 Å². The second kappa shape index (κ2) is 7.31. The number of methoxy groups -OCH3 is 1. The Balaban J connectivity index is 1.83. The van der Waals surface area contributed by atoms with E-state index in [4.69, 9.17) is 30.8 Å². The lowest BCUT2D eigenvalue weighted by Gasteiger charge is -2.26. The Bertz CT molecular complexity index is 979. The summed E-state index contributed by atoms with van der Waals surface area (Å²) >= 11 is 6.10. The van der Waals surface area contributed by atoms with Crippen LogP contribution < -0.4 is 4.74 Å². The van der Waals surface area contributed by atoms with Crippen LogP contribution in [0.2, 0.25) is 5.02 Å². The summed E-state index contributed by atoms with van der Waals surface area (Å²) in [6.45, 7) is 0.206. The van der Waals surface area contributed by atoms with Gasteiger partial charge in [0, 0.05) is 22.6 Å². The van der Waals surface area contributed by atoms with Gasteiger partial charge in [-0.2, -0.15) is 4.89 Å². The molecule has 1 unspecified atom stereocenters. The van der Waals surface area contributed by atoms with Crippen LogP contribution in [-0.4, -0.2) is 24.8 Å². The van der Waals surface area contributed by atoms with Crippen LogP contribution in [0.4, 0.5) is 0 Å². The SMILES string of the molecule is COc1ccc(C2(O)OC(=O)C(C3=CCOO3)=C2Cc2cccc(Cl)c2)cc1. The van der Waals surface area contributed by atoms with E-state index in [9.17, 15) is 9.90 Å². The van der Waals surface area contributed by atoms with Crippen LogP contribution in [0.5, 0.6) is 5.75 Å². The van der Waals surface area contributed by atoms with Crippen molar-refractivity contribution >= 4 is 17.6 Å². The minimum absolute atomic E-state index is 0.149. The van der Waals surface area contributed by atoms with Crippen LogP contribution in [0.3, 0.4) is 0 Å². The number of cyclic esters (lactones) is 1. The summed E-state index contributed by atoms with van der Waals surface area (Å²) in [7, 11) is 1.55. The average molecular weight is 401 g/mol. The van der Waals surface area contributed by atoms with Gasteiger partial charge in [-0.1, -0.05) is 23.7 Å². The van der Waals surface area contributed by atoms with Crippen molar-refractivity contribution in [1.29, 1.82) is 0 Å². The highest BCUT2D eigenvalue weighted by molar-refractivity contribution is 6.30. The highest BCUT2D eigenvalue weighted by Gasteiger charge is 2.49. The molecule has 0 saturated heterocycles. The number of hydrogen-bond donors (Lipinski definition) is 1. The number of hydrogen-bond acceptors (Lipinski definition) is 6. The minimum atomic E-state index is -1.95.